The number of aryl methyl sites for hydroxylation is 2. The number of rotatable bonds is 2. The summed E-state index contributed by atoms with van der Waals surface area (Å²) in [5, 5.41) is 8.40. The van der Waals surface area contributed by atoms with Gasteiger partial charge in [-0.2, -0.15) is 5.10 Å². The van der Waals surface area contributed by atoms with Crippen LogP contribution in [0.1, 0.15) is 16.1 Å². The average Bonchev–Trinajstić information content (AvgIpc) is 2.97. The Morgan fingerprint density at radius 1 is 1.40 bits per heavy atom. The lowest BCUT2D eigenvalue weighted by Crippen LogP contribution is -2.26. The van der Waals surface area contributed by atoms with Crippen molar-refractivity contribution in [2.24, 2.45) is 7.05 Å². The smallest absolute Gasteiger partial charge is 0.271 e. The lowest BCUT2D eigenvalue weighted by atomic mass is 10.3. The van der Waals surface area contributed by atoms with Crippen molar-refractivity contribution in [2.75, 3.05) is 5.32 Å². The first-order valence-electron chi connectivity index (χ1n) is 5.82. The van der Waals surface area contributed by atoms with Crippen molar-refractivity contribution in [3.05, 3.63) is 45.6 Å². The van der Waals surface area contributed by atoms with Crippen LogP contribution in [0.5, 0.6) is 0 Å². The van der Waals surface area contributed by atoms with Gasteiger partial charge in [-0.3, -0.25) is 18.7 Å². The summed E-state index contributed by atoms with van der Waals surface area (Å²) >= 11 is 1.36. The van der Waals surface area contributed by atoms with E-state index in [1.807, 2.05) is 5.38 Å². The molecular formula is C12H11N5O2S. The van der Waals surface area contributed by atoms with Crippen LogP contribution in [0.4, 0.5) is 5.69 Å². The van der Waals surface area contributed by atoms with Crippen molar-refractivity contribution in [3.8, 4) is 0 Å². The zero-order valence-electron chi connectivity index (χ0n) is 10.8. The molecule has 0 bridgehead atoms. The molecule has 3 heterocycles. The Labute approximate surface area is 117 Å². The monoisotopic (exact) mass is 289 g/mol. The van der Waals surface area contributed by atoms with Gasteiger partial charge in [0.25, 0.3) is 11.5 Å². The first-order chi connectivity index (χ1) is 9.56. The summed E-state index contributed by atoms with van der Waals surface area (Å²) in [6.07, 6.45) is 4.47. The predicted molar refractivity (Wildman–Crippen MR) is 75.2 cm³/mol. The maximum Gasteiger partial charge on any atom is 0.271 e. The van der Waals surface area contributed by atoms with Crippen molar-refractivity contribution in [1.82, 2.24) is 19.2 Å². The van der Waals surface area contributed by atoms with Gasteiger partial charge in [0.05, 0.1) is 11.9 Å². The number of hydrogen-bond acceptors (Lipinski definition) is 5. The number of carbonyl (C=O) groups is 1. The highest BCUT2D eigenvalue weighted by atomic mass is 32.1. The van der Waals surface area contributed by atoms with E-state index < -0.39 is 5.91 Å². The number of aromatic nitrogens is 4. The second kappa shape index (κ2) is 4.57. The van der Waals surface area contributed by atoms with Crippen LogP contribution >= 0.6 is 11.3 Å². The number of nitrogens with one attached hydrogen (secondary N) is 1. The molecule has 3 rings (SSSR count). The lowest BCUT2D eigenvalue weighted by Gasteiger charge is -2.02. The molecule has 0 aliphatic heterocycles. The fourth-order valence-corrected chi connectivity index (χ4v) is 2.69. The molecule has 0 radical (unpaired) electrons. The molecule has 3 aromatic heterocycles. The van der Waals surface area contributed by atoms with Crippen LogP contribution < -0.4 is 10.9 Å². The maximum atomic E-state index is 12.3. The topological polar surface area (TPSA) is 81.3 Å². The molecule has 0 atom stereocenters. The second-order valence-electron chi connectivity index (χ2n) is 4.33. The van der Waals surface area contributed by atoms with Crippen LogP contribution in [0.3, 0.4) is 0 Å². The molecule has 8 heteroatoms. The van der Waals surface area contributed by atoms with E-state index in [0.717, 1.165) is 5.69 Å². The van der Waals surface area contributed by atoms with E-state index in [4.69, 9.17) is 0 Å². The summed E-state index contributed by atoms with van der Waals surface area (Å²) in [7, 11) is 1.74. The van der Waals surface area contributed by atoms with Crippen molar-refractivity contribution in [3.63, 3.8) is 0 Å². The minimum atomic E-state index is -0.490. The van der Waals surface area contributed by atoms with E-state index in [0.29, 0.717) is 10.6 Å². The van der Waals surface area contributed by atoms with Crippen LogP contribution in [0.2, 0.25) is 0 Å². The Bertz CT molecular complexity index is 860. The fourth-order valence-electron chi connectivity index (χ4n) is 1.86. The molecule has 1 N–H and O–H groups in total. The van der Waals surface area contributed by atoms with Crippen LogP contribution in [-0.4, -0.2) is 25.1 Å². The summed E-state index contributed by atoms with van der Waals surface area (Å²) in [4.78, 5) is 29.1. The fraction of sp³-hybridized carbons (Fsp3) is 0.167. The highest BCUT2D eigenvalue weighted by molar-refractivity contribution is 7.15. The Hall–Kier alpha value is -2.48. The first kappa shape index (κ1) is 12.5. The molecule has 3 aromatic rings. The third-order valence-electron chi connectivity index (χ3n) is 2.82. The molecule has 0 aliphatic rings. The van der Waals surface area contributed by atoms with Gasteiger partial charge >= 0.3 is 0 Å². The molecule has 20 heavy (non-hydrogen) atoms. The predicted octanol–water partition coefficient (Wildman–Crippen LogP) is 1.05. The number of amides is 1. The quantitative estimate of drug-likeness (QED) is 0.764. The van der Waals surface area contributed by atoms with Gasteiger partial charge in [0, 0.05) is 30.5 Å². The number of hydrogen-bond donors (Lipinski definition) is 1. The largest absolute Gasteiger partial charge is 0.319 e. The van der Waals surface area contributed by atoms with Gasteiger partial charge in [0.15, 0.2) is 4.96 Å². The van der Waals surface area contributed by atoms with Crippen LogP contribution in [0.15, 0.2) is 28.8 Å². The molecule has 102 valence electrons. The Morgan fingerprint density at radius 2 is 2.20 bits per heavy atom. The minimum absolute atomic E-state index is 0.00727. The molecule has 0 unspecified atom stereocenters. The third kappa shape index (κ3) is 1.99. The van der Waals surface area contributed by atoms with E-state index in [2.05, 4.69) is 15.4 Å². The summed E-state index contributed by atoms with van der Waals surface area (Å²) in [5.74, 6) is -0.490. The molecule has 0 saturated heterocycles. The SMILES string of the molecule is Cc1csc2ncc(C(=O)Nc3cnn(C)c3)c(=O)n12. The van der Waals surface area contributed by atoms with E-state index in [-0.39, 0.29) is 11.1 Å². The summed E-state index contributed by atoms with van der Waals surface area (Å²) in [5.41, 5.74) is 0.936. The molecule has 0 aromatic carbocycles. The van der Waals surface area contributed by atoms with Gasteiger partial charge in [-0.15, -0.1) is 11.3 Å². The van der Waals surface area contributed by atoms with Crippen molar-refractivity contribution < 1.29 is 4.79 Å². The Kier molecular flexibility index (Phi) is 2.87. The third-order valence-corrected chi connectivity index (χ3v) is 3.78. The van der Waals surface area contributed by atoms with Crippen molar-refractivity contribution in [1.29, 1.82) is 0 Å². The van der Waals surface area contributed by atoms with Crippen LogP contribution in [0.25, 0.3) is 4.96 Å². The Morgan fingerprint density at radius 3 is 2.90 bits per heavy atom. The van der Waals surface area contributed by atoms with Crippen LogP contribution in [-0.2, 0) is 7.05 Å². The van der Waals surface area contributed by atoms with Gasteiger partial charge in [-0.05, 0) is 6.92 Å². The number of nitrogens with zero attached hydrogens (tertiary/aromatic N) is 4. The van der Waals surface area contributed by atoms with Crippen molar-refractivity contribution in [2.45, 2.75) is 6.92 Å². The number of fused-ring (bicyclic) bond motifs is 1. The van der Waals surface area contributed by atoms with Gasteiger partial charge in [-0.1, -0.05) is 0 Å². The molecule has 0 aliphatic carbocycles. The normalized spacial score (nSPS) is 10.9. The van der Waals surface area contributed by atoms with E-state index >= 15 is 0 Å². The summed E-state index contributed by atoms with van der Waals surface area (Å²) < 4.78 is 3.00. The Balaban J connectivity index is 2.01. The van der Waals surface area contributed by atoms with Gasteiger partial charge in [-0.25, -0.2) is 4.98 Å². The average molecular weight is 289 g/mol. The second-order valence-corrected chi connectivity index (χ2v) is 5.17. The first-order valence-corrected chi connectivity index (χ1v) is 6.70. The van der Waals surface area contributed by atoms with E-state index in [9.17, 15) is 9.59 Å². The van der Waals surface area contributed by atoms with E-state index in [1.165, 1.54) is 28.1 Å². The van der Waals surface area contributed by atoms with Gasteiger partial charge in [0.2, 0.25) is 0 Å². The molecule has 1 amide bonds. The highest BCUT2D eigenvalue weighted by Gasteiger charge is 2.15. The van der Waals surface area contributed by atoms with Crippen LogP contribution in [0, 0.1) is 6.92 Å². The molecule has 0 saturated carbocycles. The highest BCUT2D eigenvalue weighted by Crippen LogP contribution is 2.12. The zero-order chi connectivity index (χ0) is 14.3. The number of carbonyl (C=O) groups excluding carboxylic acids is 1. The number of thiazole rings is 1. The lowest BCUT2D eigenvalue weighted by molar-refractivity contribution is 0.102. The molecule has 0 fully saturated rings. The zero-order valence-corrected chi connectivity index (χ0v) is 11.6. The maximum absolute atomic E-state index is 12.3. The standard InChI is InChI=1S/C12H11N5O2S/c1-7-6-20-12-13-4-9(11(19)17(7)12)10(18)15-8-3-14-16(2)5-8/h3-6H,1-2H3,(H,15,18). The number of anilines is 1. The molecule has 7 nitrogen and oxygen atoms in total. The molecular weight excluding hydrogens is 278 g/mol. The van der Waals surface area contributed by atoms with Crippen molar-refractivity contribution >= 4 is 27.9 Å². The summed E-state index contributed by atoms with van der Waals surface area (Å²) in [6.45, 7) is 1.80. The van der Waals surface area contributed by atoms with Gasteiger partial charge < -0.3 is 5.32 Å². The summed E-state index contributed by atoms with van der Waals surface area (Å²) in [6, 6.07) is 0. The minimum Gasteiger partial charge on any atom is -0.319 e. The van der Waals surface area contributed by atoms with E-state index in [1.54, 1.807) is 24.9 Å². The van der Waals surface area contributed by atoms with Gasteiger partial charge in [0.1, 0.15) is 5.56 Å². The molecule has 0 spiro atoms.